The van der Waals surface area contributed by atoms with E-state index in [1.54, 1.807) is 17.0 Å². The van der Waals surface area contributed by atoms with Crippen LogP contribution in [0.5, 0.6) is 0 Å². The van der Waals surface area contributed by atoms with Gasteiger partial charge in [0.15, 0.2) is 5.96 Å². The van der Waals surface area contributed by atoms with Gasteiger partial charge in [0.25, 0.3) is 0 Å². The van der Waals surface area contributed by atoms with Gasteiger partial charge in [-0.05, 0) is 62.0 Å². The third-order valence-electron chi connectivity index (χ3n) is 7.15. The zero-order chi connectivity index (χ0) is 29.3. The predicted molar refractivity (Wildman–Crippen MR) is 149 cm³/mol. The molecule has 3 rings (SSSR count). The Balaban J connectivity index is 1.65. The van der Waals surface area contributed by atoms with Crippen LogP contribution in [-0.4, -0.2) is 81.1 Å². The number of nitrogens with one attached hydrogen (secondary N) is 2. The maximum atomic E-state index is 13.6. The molecule has 2 atom stereocenters. The van der Waals surface area contributed by atoms with Gasteiger partial charge in [0.1, 0.15) is 17.4 Å². The van der Waals surface area contributed by atoms with Gasteiger partial charge in [-0.1, -0.05) is 19.1 Å². The molecular weight excluding hydrogens is 540 g/mol. The molecular formula is C26H40N6O7S. The number of nitrogens with two attached hydrogens (primary N) is 2. The summed E-state index contributed by atoms with van der Waals surface area (Å²) >= 11 is 0. The number of fused-ring (bicyclic) bond motifs is 1. The van der Waals surface area contributed by atoms with Gasteiger partial charge in [-0.25, -0.2) is 8.42 Å². The minimum atomic E-state index is -4.03. The number of carbonyl (C=O) groups excluding carboxylic acids is 2. The quantitative estimate of drug-likeness (QED) is 0.0723. The maximum absolute atomic E-state index is 13.6. The van der Waals surface area contributed by atoms with Gasteiger partial charge < -0.3 is 31.5 Å². The third kappa shape index (κ3) is 9.08. The first-order valence-corrected chi connectivity index (χ1v) is 15.0. The van der Waals surface area contributed by atoms with E-state index in [0.29, 0.717) is 56.9 Å². The number of carboxylic acid groups (broad SMARTS) is 1. The molecule has 2 heterocycles. The van der Waals surface area contributed by atoms with Crippen LogP contribution in [0, 0.1) is 11.8 Å². The number of piperidine rings is 1. The van der Waals surface area contributed by atoms with E-state index in [1.807, 2.05) is 6.07 Å². The number of sulfonamides is 1. The van der Waals surface area contributed by atoms with Crippen LogP contribution in [0.4, 0.5) is 5.69 Å². The summed E-state index contributed by atoms with van der Waals surface area (Å²) in [7, 11) is -4.03. The number of nitrogens with zero attached hydrogens (tertiary/aromatic N) is 2. The van der Waals surface area contributed by atoms with Crippen molar-refractivity contribution < 1.29 is 32.6 Å². The summed E-state index contributed by atoms with van der Waals surface area (Å²) in [6.07, 6.45) is 2.58. The van der Waals surface area contributed by atoms with Gasteiger partial charge in [-0.15, -0.1) is 0 Å². The van der Waals surface area contributed by atoms with Crippen molar-refractivity contribution in [1.82, 2.24) is 9.62 Å². The molecule has 7 N–H and O–H groups in total. The molecule has 1 amide bonds. The Hall–Kier alpha value is -3.39. The largest absolute Gasteiger partial charge is 0.481 e. The average Bonchev–Trinajstić information content (AvgIpc) is 2.89. The lowest BCUT2D eigenvalue weighted by molar-refractivity contribution is -0.151. The van der Waals surface area contributed by atoms with Crippen molar-refractivity contribution in [2.24, 2.45) is 28.3 Å². The highest BCUT2D eigenvalue weighted by molar-refractivity contribution is 7.89. The Bertz CT molecular complexity index is 1190. The maximum Gasteiger partial charge on any atom is 0.317 e. The van der Waals surface area contributed by atoms with Gasteiger partial charge in [0, 0.05) is 26.2 Å². The number of para-hydroxylation sites is 1. The number of rotatable bonds is 13. The molecule has 14 heteroatoms. The second-order valence-electron chi connectivity index (χ2n) is 10.5. The van der Waals surface area contributed by atoms with Crippen LogP contribution in [0.3, 0.4) is 0 Å². The van der Waals surface area contributed by atoms with Crippen LogP contribution in [0.25, 0.3) is 0 Å². The fraction of sp³-hybridized carbons (Fsp3) is 0.615. The molecule has 0 aliphatic carbocycles. The number of amides is 1. The van der Waals surface area contributed by atoms with Crippen molar-refractivity contribution >= 4 is 39.5 Å². The molecule has 1 saturated heterocycles. The lowest BCUT2D eigenvalue weighted by Crippen LogP contribution is -2.50. The molecule has 0 spiro atoms. The number of aliphatic imine (C=N–C) groups is 1. The lowest BCUT2D eigenvalue weighted by atomic mass is 9.93. The van der Waals surface area contributed by atoms with E-state index in [-0.39, 0.29) is 42.3 Å². The molecule has 2 aliphatic heterocycles. The Kier molecular flexibility index (Phi) is 11.1. The number of benzene rings is 1. The van der Waals surface area contributed by atoms with E-state index in [4.69, 9.17) is 21.3 Å². The Morgan fingerprint density at radius 2 is 1.98 bits per heavy atom. The summed E-state index contributed by atoms with van der Waals surface area (Å²) in [4.78, 5) is 41.3. The van der Waals surface area contributed by atoms with Crippen LogP contribution >= 0.6 is 0 Å². The van der Waals surface area contributed by atoms with Gasteiger partial charge in [0.05, 0.1) is 12.3 Å². The van der Waals surface area contributed by atoms with Crippen molar-refractivity contribution in [3.8, 4) is 0 Å². The number of hydrogen-bond acceptors (Lipinski definition) is 8. The zero-order valence-corrected chi connectivity index (χ0v) is 23.6. The number of hydrogen-bond donors (Lipinski definition) is 5. The molecule has 0 bridgehead atoms. The average molecular weight is 581 g/mol. The number of likely N-dealkylation sites (tertiary alicyclic amines) is 1. The summed E-state index contributed by atoms with van der Waals surface area (Å²) in [5.41, 5.74) is 12.3. The molecule has 13 nitrogen and oxygen atoms in total. The van der Waals surface area contributed by atoms with Crippen molar-refractivity contribution in [1.29, 1.82) is 0 Å². The number of anilines is 1. The van der Waals surface area contributed by atoms with Gasteiger partial charge >= 0.3 is 11.9 Å². The van der Waals surface area contributed by atoms with Gasteiger partial charge in [-0.3, -0.25) is 19.4 Å². The summed E-state index contributed by atoms with van der Waals surface area (Å²) in [5.74, 6) is -1.83. The molecule has 0 radical (unpaired) electrons. The first-order valence-electron chi connectivity index (χ1n) is 13.6. The van der Waals surface area contributed by atoms with Crippen LogP contribution in [0.2, 0.25) is 0 Å². The number of guanidine groups is 1. The summed E-state index contributed by atoms with van der Waals surface area (Å²) < 4.78 is 34.7. The summed E-state index contributed by atoms with van der Waals surface area (Å²) in [6, 6.07) is 4.17. The Morgan fingerprint density at radius 3 is 2.65 bits per heavy atom. The van der Waals surface area contributed by atoms with Gasteiger partial charge in [0.2, 0.25) is 15.9 Å². The van der Waals surface area contributed by atoms with Crippen LogP contribution in [0.15, 0.2) is 28.1 Å². The van der Waals surface area contributed by atoms with Crippen LogP contribution in [0.1, 0.15) is 51.0 Å². The van der Waals surface area contributed by atoms with E-state index in [1.165, 1.54) is 0 Å². The molecule has 2 aliphatic rings. The van der Waals surface area contributed by atoms with Crippen molar-refractivity contribution in [3.05, 3.63) is 23.8 Å². The number of esters is 1. The fourth-order valence-corrected chi connectivity index (χ4v) is 6.51. The first kappa shape index (κ1) is 31.1. The standard InChI is InChI=1S/C26H40N6O7S/c1-17-14-19-4-2-6-21(24(19)30-16-17)40(37,38)31-20(5-3-10-29-26(27)28)25(36)32-11-7-18(8-12-32)9-13-39-23(35)15-22(33)34/h2,4,6,17-18,20,30-31H,3,5,7-16H2,1H3,(H,33,34)(H4,27,28,29)/t17?,20-/m0/s1. The molecule has 0 saturated carbocycles. The topological polar surface area (TPSA) is 207 Å². The lowest BCUT2D eigenvalue weighted by Gasteiger charge is -2.34. The van der Waals surface area contributed by atoms with Crippen LogP contribution < -0.4 is 21.5 Å². The molecule has 40 heavy (non-hydrogen) atoms. The van der Waals surface area contributed by atoms with E-state index in [0.717, 1.165) is 12.0 Å². The highest BCUT2D eigenvalue weighted by atomic mass is 32.2. The SMILES string of the molecule is CC1CNc2c(cccc2S(=O)(=O)N[C@@H](CCCN=C(N)N)C(=O)N2CCC(CCOC(=O)CC(=O)O)CC2)C1. The molecule has 222 valence electrons. The molecule has 1 aromatic rings. The Morgan fingerprint density at radius 1 is 1.25 bits per heavy atom. The predicted octanol–water partition coefficient (Wildman–Crippen LogP) is 0.638. The minimum Gasteiger partial charge on any atom is -0.481 e. The molecule has 1 unspecified atom stereocenters. The van der Waals surface area contributed by atoms with E-state index < -0.39 is 34.4 Å². The molecule has 1 aromatic carbocycles. The molecule has 1 fully saturated rings. The zero-order valence-electron chi connectivity index (χ0n) is 22.8. The molecule has 0 aromatic heterocycles. The van der Waals surface area contributed by atoms with Crippen molar-refractivity contribution in [2.45, 2.75) is 62.8 Å². The van der Waals surface area contributed by atoms with Gasteiger partial charge in [-0.2, -0.15) is 4.72 Å². The fourth-order valence-electron chi connectivity index (χ4n) is 5.06. The first-order chi connectivity index (χ1) is 19.0. The van der Waals surface area contributed by atoms with Crippen LogP contribution in [-0.2, 0) is 35.6 Å². The highest BCUT2D eigenvalue weighted by Crippen LogP contribution is 2.31. The van der Waals surface area contributed by atoms with Crippen molar-refractivity contribution in [3.63, 3.8) is 0 Å². The van der Waals surface area contributed by atoms with E-state index >= 15 is 0 Å². The number of carboxylic acids is 1. The normalized spacial score (nSPS) is 18.2. The summed E-state index contributed by atoms with van der Waals surface area (Å²) in [5, 5.41) is 11.9. The van der Waals surface area contributed by atoms with E-state index in [2.05, 4.69) is 22.0 Å². The monoisotopic (exact) mass is 580 g/mol. The smallest absolute Gasteiger partial charge is 0.317 e. The number of ether oxygens (including phenoxy) is 1. The third-order valence-corrected chi connectivity index (χ3v) is 8.66. The second kappa shape index (κ2) is 14.3. The van der Waals surface area contributed by atoms with Crippen molar-refractivity contribution in [2.75, 3.05) is 38.1 Å². The second-order valence-corrected chi connectivity index (χ2v) is 12.1. The Labute approximate surface area is 234 Å². The van der Waals surface area contributed by atoms with E-state index in [9.17, 15) is 22.8 Å². The highest BCUT2D eigenvalue weighted by Gasteiger charge is 2.33. The summed E-state index contributed by atoms with van der Waals surface area (Å²) in [6.45, 7) is 3.99. The number of carbonyl (C=O) groups is 3. The number of aliphatic carboxylic acids is 1. The minimum absolute atomic E-state index is 0.0737.